The van der Waals surface area contributed by atoms with E-state index in [0.29, 0.717) is 5.95 Å². The highest BCUT2D eigenvalue weighted by Crippen LogP contribution is 2.32. The first-order valence-electron chi connectivity index (χ1n) is 6.34. The van der Waals surface area contributed by atoms with Gasteiger partial charge in [-0.3, -0.25) is 0 Å². The summed E-state index contributed by atoms with van der Waals surface area (Å²) < 4.78 is 0. The zero-order valence-electron chi connectivity index (χ0n) is 9.97. The molecule has 5 nitrogen and oxygen atoms in total. The van der Waals surface area contributed by atoms with Crippen LogP contribution in [0.25, 0.3) is 0 Å². The van der Waals surface area contributed by atoms with E-state index in [1.165, 1.54) is 12.8 Å². The van der Waals surface area contributed by atoms with Crippen molar-refractivity contribution in [2.75, 3.05) is 23.7 Å². The summed E-state index contributed by atoms with van der Waals surface area (Å²) in [5.41, 5.74) is 12.8. The third-order valence-electron chi connectivity index (χ3n) is 3.53. The first-order chi connectivity index (χ1) is 8.20. The molecule has 1 aromatic rings. The maximum Gasteiger partial charge on any atom is 0.222 e. The molecule has 2 aliphatic rings. The van der Waals surface area contributed by atoms with Crippen LogP contribution in [-0.4, -0.2) is 29.1 Å². The van der Waals surface area contributed by atoms with Gasteiger partial charge in [-0.1, -0.05) is 0 Å². The molecule has 0 spiro atoms. The molecule has 3 rings (SSSR count). The molecule has 1 aliphatic heterocycles. The maximum atomic E-state index is 5.91. The van der Waals surface area contributed by atoms with E-state index in [4.69, 9.17) is 11.5 Å². The summed E-state index contributed by atoms with van der Waals surface area (Å²) in [7, 11) is 0. The number of nitrogens with two attached hydrogens (primary N) is 2. The predicted molar refractivity (Wildman–Crippen MR) is 67.7 cm³/mol. The van der Waals surface area contributed by atoms with Crippen LogP contribution in [0.3, 0.4) is 0 Å². The van der Waals surface area contributed by atoms with Crippen molar-refractivity contribution in [2.24, 2.45) is 11.7 Å². The van der Waals surface area contributed by atoms with Crippen molar-refractivity contribution in [1.29, 1.82) is 0 Å². The first kappa shape index (κ1) is 10.8. The van der Waals surface area contributed by atoms with E-state index < -0.39 is 0 Å². The van der Waals surface area contributed by atoms with Crippen LogP contribution in [0.1, 0.15) is 25.0 Å². The summed E-state index contributed by atoms with van der Waals surface area (Å²) in [6, 6.07) is 2.34. The number of nitrogens with zero attached hydrogens (tertiary/aromatic N) is 3. The molecule has 1 aliphatic carbocycles. The maximum absolute atomic E-state index is 5.91. The second-order valence-electron chi connectivity index (χ2n) is 5.22. The fourth-order valence-corrected chi connectivity index (χ4v) is 2.38. The molecule has 0 aromatic carbocycles. The van der Waals surface area contributed by atoms with Crippen LogP contribution in [0.15, 0.2) is 6.07 Å². The Bertz CT molecular complexity index is 415. The van der Waals surface area contributed by atoms with Gasteiger partial charge in [0.15, 0.2) is 0 Å². The standard InChI is InChI=1S/C12H19N5/c13-9-3-4-17(7-9)11-6-10(5-8-1-2-8)15-12(14)16-11/h6,8-9H,1-5,7,13H2,(H2,14,15,16). The number of hydrogen-bond acceptors (Lipinski definition) is 5. The van der Waals surface area contributed by atoms with Crippen molar-refractivity contribution in [3.05, 3.63) is 11.8 Å². The quantitative estimate of drug-likeness (QED) is 0.796. The SMILES string of the molecule is Nc1nc(CC2CC2)cc(N2CCC(N)C2)n1. The lowest BCUT2D eigenvalue weighted by Gasteiger charge is -2.17. The number of nitrogen functional groups attached to an aromatic ring is 1. The van der Waals surface area contributed by atoms with Gasteiger partial charge in [0.1, 0.15) is 5.82 Å². The molecule has 1 saturated heterocycles. The number of anilines is 2. The first-order valence-corrected chi connectivity index (χ1v) is 6.34. The lowest BCUT2D eigenvalue weighted by Crippen LogP contribution is -2.27. The Labute approximate surface area is 101 Å². The molecule has 2 fully saturated rings. The van der Waals surface area contributed by atoms with Crippen molar-refractivity contribution in [3.8, 4) is 0 Å². The van der Waals surface area contributed by atoms with Crippen molar-refractivity contribution in [1.82, 2.24) is 9.97 Å². The summed E-state index contributed by atoms with van der Waals surface area (Å²) >= 11 is 0. The monoisotopic (exact) mass is 233 g/mol. The Hall–Kier alpha value is -1.36. The average Bonchev–Trinajstić information content (AvgIpc) is 2.97. The summed E-state index contributed by atoms with van der Waals surface area (Å²) in [5, 5.41) is 0. The Morgan fingerprint density at radius 1 is 1.29 bits per heavy atom. The van der Waals surface area contributed by atoms with Crippen LogP contribution in [-0.2, 0) is 6.42 Å². The highest BCUT2D eigenvalue weighted by molar-refractivity contribution is 5.45. The van der Waals surface area contributed by atoms with Gasteiger partial charge in [0.05, 0.1) is 0 Å². The minimum absolute atomic E-state index is 0.262. The molecule has 4 N–H and O–H groups in total. The second kappa shape index (κ2) is 4.14. The lowest BCUT2D eigenvalue weighted by atomic mass is 10.2. The molecule has 0 radical (unpaired) electrons. The van der Waals surface area contributed by atoms with E-state index >= 15 is 0 Å². The van der Waals surface area contributed by atoms with E-state index in [1.807, 2.05) is 0 Å². The highest BCUT2D eigenvalue weighted by atomic mass is 15.2. The lowest BCUT2D eigenvalue weighted by molar-refractivity contribution is 0.750. The summed E-state index contributed by atoms with van der Waals surface area (Å²) in [5.74, 6) is 2.15. The van der Waals surface area contributed by atoms with Crippen LogP contribution < -0.4 is 16.4 Å². The van der Waals surface area contributed by atoms with Crippen molar-refractivity contribution < 1.29 is 0 Å². The Kier molecular flexibility index (Phi) is 2.63. The number of rotatable bonds is 3. The van der Waals surface area contributed by atoms with Gasteiger partial charge in [0.2, 0.25) is 5.95 Å². The Balaban J connectivity index is 1.80. The second-order valence-corrected chi connectivity index (χ2v) is 5.22. The van der Waals surface area contributed by atoms with Crippen molar-refractivity contribution >= 4 is 11.8 Å². The molecule has 0 amide bonds. The minimum Gasteiger partial charge on any atom is -0.368 e. The topological polar surface area (TPSA) is 81.1 Å². The van der Waals surface area contributed by atoms with Crippen LogP contribution in [0.5, 0.6) is 0 Å². The third-order valence-corrected chi connectivity index (χ3v) is 3.53. The fraction of sp³-hybridized carbons (Fsp3) is 0.667. The average molecular weight is 233 g/mol. The van der Waals surface area contributed by atoms with Crippen LogP contribution >= 0.6 is 0 Å². The van der Waals surface area contributed by atoms with Crippen molar-refractivity contribution in [3.63, 3.8) is 0 Å². The Morgan fingerprint density at radius 3 is 2.76 bits per heavy atom. The molecule has 2 heterocycles. The summed E-state index contributed by atoms with van der Waals surface area (Å²) in [6.45, 7) is 1.85. The summed E-state index contributed by atoms with van der Waals surface area (Å²) in [4.78, 5) is 10.8. The molecule has 0 bridgehead atoms. The third kappa shape index (κ3) is 2.49. The molecule has 5 heteroatoms. The van der Waals surface area contributed by atoms with Gasteiger partial charge in [-0.05, 0) is 31.6 Å². The number of hydrogen-bond donors (Lipinski definition) is 2. The zero-order valence-corrected chi connectivity index (χ0v) is 9.97. The van der Waals surface area contributed by atoms with E-state index in [9.17, 15) is 0 Å². The minimum atomic E-state index is 0.262. The van der Waals surface area contributed by atoms with Gasteiger partial charge in [-0.25, -0.2) is 4.98 Å². The van der Waals surface area contributed by atoms with Gasteiger partial charge in [0, 0.05) is 30.9 Å². The molecule has 92 valence electrons. The molecule has 1 aromatic heterocycles. The Morgan fingerprint density at radius 2 is 2.12 bits per heavy atom. The zero-order chi connectivity index (χ0) is 11.8. The largest absolute Gasteiger partial charge is 0.368 e. The van der Waals surface area contributed by atoms with E-state index in [0.717, 1.165) is 43.4 Å². The van der Waals surface area contributed by atoms with Gasteiger partial charge in [-0.2, -0.15) is 4.98 Å². The molecule has 1 atom stereocenters. The van der Waals surface area contributed by atoms with E-state index in [2.05, 4.69) is 20.9 Å². The van der Waals surface area contributed by atoms with Crippen LogP contribution in [0.4, 0.5) is 11.8 Å². The molecular formula is C12H19N5. The highest BCUT2D eigenvalue weighted by Gasteiger charge is 2.24. The van der Waals surface area contributed by atoms with Gasteiger partial charge < -0.3 is 16.4 Å². The van der Waals surface area contributed by atoms with E-state index in [-0.39, 0.29) is 6.04 Å². The molecule has 1 unspecified atom stereocenters. The smallest absolute Gasteiger partial charge is 0.222 e. The number of aromatic nitrogens is 2. The van der Waals surface area contributed by atoms with Crippen LogP contribution in [0.2, 0.25) is 0 Å². The normalized spacial score (nSPS) is 24.3. The summed E-state index contributed by atoms with van der Waals surface area (Å²) in [6.07, 6.45) is 4.73. The van der Waals surface area contributed by atoms with Gasteiger partial charge in [0.25, 0.3) is 0 Å². The molecule has 17 heavy (non-hydrogen) atoms. The molecule has 1 saturated carbocycles. The van der Waals surface area contributed by atoms with Gasteiger partial charge in [-0.15, -0.1) is 0 Å². The fourth-order valence-electron chi connectivity index (χ4n) is 2.38. The van der Waals surface area contributed by atoms with E-state index in [1.54, 1.807) is 0 Å². The molecular weight excluding hydrogens is 214 g/mol. The van der Waals surface area contributed by atoms with Crippen molar-refractivity contribution in [2.45, 2.75) is 31.7 Å². The van der Waals surface area contributed by atoms with Crippen LogP contribution in [0, 0.1) is 5.92 Å². The van der Waals surface area contributed by atoms with Gasteiger partial charge >= 0.3 is 0 Å². The predicted octanol–water partition coefficient (Wildman–Crippen LogP) is 0.549.